The normalized spacial score (nSPS) is 20.0. The molecule has 2 aromatic heterocycles. The molecule has 0 aliphatic carbocycles. The Kier molecular flexibility index (Phi) is 6.63. The smallest absolute Gasteiger partial charge is 0.276 e. The fourth-order valence-corrected chi connectivity index (χ4v) is 5.87. The van der Waals surface area contributed by atoms with Gasteiger partial charge in [0.2, 0.25) is 0 Å². The van der Waals surface area contributed by atoms with Crippen LogP contribution in [0.4, 0.5) is 10.8 Å². The largest absolute Gasteiger partial charge is 0.543 e. The summed E-state index contributed by atoms with van der Waals surface area (Å²) in [5.41, 5.74) is 12.0. The lowest BCUT2D eigenvalue weighted by molar-refractivity contribution is -0.688. The first-order valence-electron chi connectivity index (χ1n) is 9.68. The number of oxime groups is 1. The number of β-lactam (4-membered cyclic amide) rings is 1. The van der Waals surface area contributed by atoms with Crippen molar-refractivity contribution in [3.8, 4) is 0 Å². The highest BCUT2D eigenvalue weighted by molar-refractivity contribution is 8.00. The Bertz CT molecular complexity index is 1250. The standard InChI is InChI=1S/C19H18ClN7O5S2/c1-32-25-11(10-14(20)34-19(22)24-10)15(28)23-12-16(29)27-13(18(30)31)8(7-33-17(12)27)5-26-4-2-3-9(21)6-26/h2-4,6,12,17H,5,7,21H2,1H3,(H3-,22,23,24,28,30,31)/t12?,17-/m0/s1. The summed E-state index contributed by atoms with van der Waals surface area (Å²) in [5.74, 6) is -2.54. The lowest BCUT2D eigenvalue weighted by atomic mass is 10.0. The molecule has 0 bridgehead atoms. The predicted octanol–water partition coefficient (Wildman–Crippen LogP) is -1.30. The molecule has 4 heterocycles. The topological polar surface area (TPSA) is 180 Å². The lowest BCUT2D eigenvalue weighted by Crippen LogP contribution is -2.71. The Balaban J connectivity index is 1.55. The summed E-state index contributed by atoms with van der Waals surface area (Å²) < 4.78 is 1.84. The zero-order valence-corrected chi connectivity index (χ0v) is 19.9. The summed E-state index contributed by atoms with van der Waals surface area (Å²) in [5, 5.41) is 17.7. The lowest BCUT2D eigenvalue weighted by Gasteiger charge is -2.50. The number of carboxylic acid groups (broad SMARTS) is 1. The first-order chi connectivity index (χ1) is 16.2. The van der Waals surface area contributed by atoms with Gasteiger partial charge in [-0.3, -0.25) is 14.5 Å². The molecule has 34 heavy (non-hydrogen) atoms. The van der Waals surface area contributed by atoms with Crippen LogP contribution in [0, 0.1) is 0 Å². The van der Waals surface area contributed by atoms with E-state index in [2.05, 4.69) is 15.5 Å². The van der Waals surface area contributed by atoms with Crippen molar-refractivity contribution in [2.45, 2.75) is 18.0 Å². The molecule has 0 aromatic carbocycles. The van der Waals surface area contributed by atoms with Crippen LogP contribution in [0.15, 0.2) is 41.0 Å². The van der Waals surface area contributed by atoms with E-state index < -0.39 is 29.2 Å². The highest BCUT2D eigenvalue weighted by Gasteiger charge is 2.53. The molecule has 2 amide bonds. The number of pyridine rings is 1. The summed E-state index contributed by atoms with van der Waals surface area (Å²) in [7, 11) is 1.24. The Hall–Kier alpha value is -3.36. The molecule has 2 aromatic rings. The second-order valence-corrected chi connectivity index (χ2v) is 9.94. The number of carboxylic acids is 1. The van der Waals surface area contributed by atoms with Crippen molar-refractivity contribution >= 4 is 69.0 Å². The monoisotopic (exact) mass is 523 g/mol. The second-order valence-electron chi connectivity index (χ2n) is 7.21. The van der Waals surface area contributed by atoms with E-state index in [1.807, 2.05) is 0 Å². The number of halogens is 1. The van der Waals surface area contributed by atoms with E-state index in [1.165, 1.54) is 18.9 Å². The van der Waals surface area contributed by atoms with Gasteiger partial charge in [0.25, 0.3) is 11.8 Å². The first-order valence-corrected chi connectivity index (χ1v) is 11.9. The quantitative estimate of drug-likeness (QED) is 0.172. The van der Waals surface area contributed by atoms with Crippen molar-refractivity contribution in [2.75, 3.05) is 24.3 Å². The fourth-order valence-electron chi connectivity index (χ4n) is 3.61. The number of nitrogens with two attached hydrogens (primary N) is 2. The number of aromatic nitrogens is 2. The van der Waals surface area contributed by atoms with Gasteiger partial charge in [0, 0.05) is 17.4 Å². The maximum atomic E-state index is 12.9. The Morgan fingerprint density at radius 3 is 2.85 bits per heavy atom. The third kappa shape index (κ3) is 4.38. The van der Waals surface area contributed by atoms with E-state index in [0.717, 1.165) is 16.2 Å². The molecular weight excluding hydrogens is 506 g/mol. The van der Waals surface area contributed by atoms with Crippen LogP contribution in [0.3, 0.4) is 0 Å². The number of carbonyl (C=O) groups is 3. The number of amides is 2. The number of nitrogens with zero attached hydrogens (tertiary/aromatic N) is 4. The molecule has 12 nitrogen and oxygen atoms in total. The van der Waals surface area contributed by atoms with Crippen LogP contribution in [0.25, 0.3) is 0 Å². The van der Waals surface area contributed by atoms with Crippen molar-refractivity contribution in [3.05, 3.63) is 45.8 Å². The summed E-state index contributed by atoms with van der Waals surface area (Å²) in [6.45, 7) is 0.212. The van der Waals surface area contributed by atoms with Gasteiger partial charge in [-0.2, -0.15) is 4.57 Å². The van der Waals surface area contributed by atoms with Crippen LogP contribution >= 0.6 is 34.7 Å². The van der Waals surface area contributed by atoms with Gasteiger partial charge in [-0.05, 0) is 6.07 Å². The van der Waals surface area contributed by atoms with Crippen molar-refractivity contribution in [1.29, 1.82) is 0 Å². The number of carbonyl (C=O) groups excluding carboxylic acids is 3. The van der Waals surface area contributed by atoms with Crippen LogP contribution in [0.5, 0.6) is 0 Å². The SMILES string of the molecule is CON=C(C(=O)NC1C(=O)N2C(C(=O)[O-])=C(C[n+]3cccc(N)c3)CS[C@@H]12)c1nc(N)sc1Cl. The second kappa shape index (κ2) is 9.48. The van der Waals surface area contributed by atoms with E-state index in [0.29, 0.717) is 17.0 Å². The van der Waals surface area contributed by atoms with Gasteiger partial charge in [0.15, 0.2) is 29.8 Å². The molecule has 2 aliphatic rings. The molecule has 2 aliphatic heterocycles. The van der Waals surface area contributed by atoms with E-state index in [-0.39, 0.29) is 33.1 Å². The number of fused-ring (bicyclic) bond motifs is 1. The minimum absolute atomic E-state index is 0.0141. The third-order valence-electron chi connectivity index (χ3n) is 5.01. The molecule has 1 saturated heterocycles. The summed E-state index contributed by atoms with van der Waals surface area (Å²) in [6.07, 6.45) is 3.39. The molecule has 5 N–H and O–H groups in total. The number of thioether (sulfide) groups is 1. The van der Waals surface area contributed by atoms with E-state index >= 15 is 0 Å². The van der Waals surface area contributed by atoms with Gasteiger partial charge in [-0.15, -0.1) is 11.8 Å². The molecule has 2 atom stereocenters. The van der Waals surface area contributed by atoms with Crippen LogP contribution in [0.1, 0.15) is 5.69 Å². The molecule has 4 rings (SSSR count). The van der Waals surface area contributed by atoms with Crippen LogP contribution in [0.2, 0.25) is 4.34 Å². The third-order valence-corrected chi connectivity index (χ3v) is 7.43. The number of nitrogens with one attached hydrogen (secondary N) is 1. The van der Waals surface area contributed by atoms with Crippen LogP contribution in [-0.2, 0) is 25.8 Å². The highest BCUT2D eigenvalue weighted by Crippen LogP contribution is 2.40. The molecule has 0 spiro atoms. The van der Waals surface area contributed by atoms with Crippen molar-refractivity contribution in [1.82, 2.24) is 15.2 Å². The van der Waals surface area contributed by atoms with Gasteiger partial charge < -0.3 is 31.5 Å². The van der Waals surface area contributed by atoms with Gasteiger partial charge in [0.05, 0.1) is 17.4 Å². The Labute approximate surface area is 206 Å². The summed E-state index contributed by atoms with van der Waals surface area (Å²) in [6, 6.07) is 2.44. The minimum Gasteiger partial charge on any atom is -0.543 e. The molecule has 0 radical (unpaired) electrons. The van der Waals surface area contributed by atoms with Crippen LogP contribution < -0.4 is 26.5 Å². The number of hydrogen-bond acceptors (Lipinski definition) is 11. The number of nitrogen functional groups attached to an aromatic ring is 2. The molecule has 1 fully saturated rings. The van der Waals surface area contributed by atoms with Gasteiger partial charge in [-0.25, -0.2) is 4.98 Å². The van der Waals surface area contributed by atoms with Gasteiger partial charge in [0.1, 0.15) is 28.6 Å². The molecule has 15 heteroatoms. The maximum Gasteiger partial charge on any atom is 0.276 e. The van der Waals surface area contributed by atoms with Gasteiger partial charge in [-0.1, -0.05) is 28.1 Å². The Morgan fingerprint density at radius 2 is 2.24 bits per heavy atom. The zero-order valence-electron chi connectivity index (χ0n) is 17.6. The number of rotatable bonds is 7. The first kappa shape index (κ1) is 23.8. The molecule has 1 unspecified atom stereocenters. The summed E-state index contributed by atoms with van der Waals surface area (Å²) >= 11 is 8.35. The van der Waals surface area contributed by atoms with E-state index in [9.17, 15) is 19.5 Å². The molecular formula is C19H18ClN7O5S2. The Morgan fingerprint density at radius 1 is 1.47 bits per heavy atom. The zero-order chi connectivity index (χ0) is 24.6. The van der Waals surface area contributed by atoms with Gasteiger partial charge >= 0.3 is 0 Å². The van der Waals surface area contributed by atoms with E-state index in [1.54, 1.807) is 29.1 Å². The fraction of sp³-hybridized carbons (Fsp3) is 0.263. The number of aliphatic carboxylic acids is 1. The molecule has 178 valence electrons. The number of thiazole rings is 1. The maximum absolute atomic E-state index is 12.9. The molecule has 0 saturated carbocycles. The average Bonchev–Trinajstić information content (AvgIpc) is 3.12. The number of hydrogen-bond donors (Lipinski definition) is 3. The van der Waals surface area contributed by atoms with Crippen LogP contribution in [-0.4, -0.2) is 57.7 Å². The average molecular weight is 524 g/mol. The van der Waals surface area contributed by atoms with E-state index in [4.69, 9.17) is 27.9 Å². The van der Waals surface area contributed by atoms with Crippen molar-refractivity contribution < 1.29 is 28.9 Å². The van der Waals surface area contributed by atoms with Crippen molar-refractivity contribution in [2.24, 2.45) is 5.16 Å². The highest BCUT2D eigenvalue weighted by atomic mass is 35.5. The van der Waals surface area contributed by atoms with Crippen molar-refractivity contribution in [3.63, 3.8) is 0 Å². The predicted molar refractivity (Wildman–Crippen MR) is 123 cm³/mol. The minimum atomic E-state index is -1.48. The number of anilines is 2. The summed E-state index contributed by atoms with van der Waals surface area (Å²) in [4.78, 5) is 47.6.